The molecule has 0 saturated carbocycles. The molecule has 0 bridgehead atoms. The minimum Gasteiger partial charge on any atom is -0.355 e. The summed E-state index contributed by atoms with van der Waals surface area (Å²) in [6.45, 7) is 0.701. The smallest absolute Gasteiger partial charge is 0.251 e. The van der Waals surface area contributed by atoms with Crippen LogP contribution < -0.4 is 10.2 Å². The van der Waals surface area contributed by atoms with Crippen LogP contribution in [0.3, 0.4) is 0 Å². The maximum Gasteiger partial charge on any atom is 0.251 e. The van der Waals surface area contributed by atoms with Crippen LogP contribution in [0, 0.1) is 0 Å². The summed E-state index contributed by atoms with van der Waals surface area (Å²) in [7, 11) is 3.63. The predicted molar refractivity (Wildman–Crippen MR) is 99.4 cm³/mol. The van der Waals surface area contributed by atoms with E-state index in [1.54, 1.807) is 13.2 Å². The number of nitrogens with one attached hydrogen (secondary N) is 1. The second-order valence-corrected chi connectivity index (χ2v) is 5.73. The van der Waals surface area contributed by atoms with Gasteiger partial charge in [0.15, 0.2) is 0 Å². The molecule has 0 saturated heterocycles. The lowest BCUT2D eigenvalue weighted by molar-refractivity contribution is 0.0963. The quantitative estimate of drug-likeness (QED) is 0.780. The number of benzene rings is 1. The Hall–Kier alpha value is -3.21. The van der Waals surface area contributed by atoms with E-state index in [9.17, 15) is 4.79 Å². The zero-order chi connectivity index (χ0) is 17.6. The second kappa shape index (κ2) is 7.57. The summed E-state index contributed by atoms with van der Waals surface area (Å²) in [5, 5.41) is 2.62. The molecule has 0 aliphatic rings. The zero-order valence-corrected chi connectivity index (χ0v) is 14.3. The second-order valence-electron chi connectivity index (χ2n) is 5.73. The lowest BCUT2D eigenvalue weighted by Gasteiger charge is -2.19. The number of carbonyl (C=O) groups is 1. The van der Waals surface area contributed by atoms with Gasteiger partial charge in [0.25, 0.3) is 5.91 Å². The zero-order valence-electron chi connectivity index (χ0n) is 14.3. The fourth-order valence-corrected chi connectivity index (χ4v) is 2.55. The lowest BCUT2D eigenvalue weighted by Crippen LogP contribution is -2.19. The van der Waals surface area contributed by atoms with Crippen molar-refractivity contribution >= 4 is 11.7 Å². The van der Waals surface area contributed by atoms with Crippen LogP contribution in [0.2, 0.25) is 0 Å². The van der Waals surface area contributed by atoms with Crippen LogP contribution in [0.15, 0.2) is 66.9 Å². The third-order valence-corrected chi connectivity index (χ3v) is 3.92. The Labute approximate surface area is 147 Å². The SMILES string of the molecule is CNC(=O)c1ccc(CN(C)c2cccc(-c3ccccn3)n2)cc1. The molecule has 1 aromatic carbocycles. The minimum atomic E-state index is -0.0790. The molecule has 5 heteroatoms. The maximum atomic E-state index is 11.6. The lowest BCUT2D eigenvalue weighted by atomic mass is 10.1. The maximum absolute atomic E-state index is 11.6. The predicted octanol–water partition coefficient (Wildman–Crippen LogP) is 3.14. The standard InChI is InChI=1S/C20H20N4O/c1-21-20(25)16-11-9-15(10-12-16)14-24(2)19-8-5-7-18(23-19)17-6-3-4-13-22-17/h3-13H,14H2,1-2H3,(H,21,25). The molecule has 0 unspecified atom stereocenters. The molecular weight excluding hydrogens is 312 g/mol. The number of pyridine rings is 2. The largest absolute Gasteiger partial charge is 0.355 e. The van der Waals surface area contributed by atoms with Crippen molar-refractivity contribution < 1.29 is 4.79 Å². The Morgan fingerprint density at radius 2 is 1.76 bits per heavy atom. The molecule has 2 aromatic heterocycles. The Bertz CT molecular complexity index is 847. The van der Waals surface area contributed by atoms with Gasteiger partial charge < -0.3 is 10.2 Å². The van der Waals surface area contributed by atoms with Crippen molar-refractivity contribution in [1.82, 2.24) is 15.3 Å². The van der Waals surface area contributed by atoms with E-state index in [4.69, 9.17) is 4.98 Å². The number of rotatable bonds is 5. The van der Waals surface area contributed by atoms with E-state index in [1.807, 2.05) is 67.7 Å². The van der Waals surface area contributed by atoms with Crippen LogP contribution in [-0.4, -0.2) is 30.0 Å². The van der Waals surface area contributed by atoms with E-state index in [-0.39, 0.29) is 5.91 Å². The summed E-state index contributed by atoms with van der Waals surface area (Å²) < 4.78 is 0. The summed E-state index contributed by atoms with van der Waals surface area (Å²) in [5.41, 5.74) is 3.47. The van der Waals surface area contributed by atoms with Gasteiger partial charge in [-0.15, -0.1) is 0 Å². The molecule has 3 rings (SSSR count). The highest BCUT2D eigenvalue weighted by molar-refractivity contribution is 5.93. The Balaban J connectivity index is 1.75. The van der Waals surface area contributed by atoms with Crippen molar-refractivity contribution in [3.05, 3.63) is 78.0 Å². The van der Waals surface area contributed by atoms with Crippen LogP contribution in [0.25, 0.3) is 11.4 Å². The fraction of sp³-hybridized carbons (Fsp3) is 0.150. The molecule has 3 aromatic rings. The van der Waals surface area contributed by atoms with Crippen molar-refractivity contribution in [2.24, 2.45) is 0 Å². The molecule has 0 spiro atoms. The van der Waals surface area contributed by atoms with Crippen LogP contribution >= 0.6 is 0 Å². The number of nitrogens with zero attached hydrogens (tertiary/aromatic N) is 3. The molecular formula is C20H20N4O. The van der Waals surface area contributed by atoms with Crippen molar-refractivity contribution in [2.75, 3.05) is 19.0 Å². The number of hydrogen-bond acceptors (Lipinski definition) is 4. The number of amides is 1. The van der Waals surface area contributed by atoms with Crippen molar-refractivity contribution in [1.29, 1.82) is 0 Å². The molecule has 0 atom stereocenters. The summed E-state index contributed by atoms with van der Waals surface area (Å²) in [6, 6.07) is 19.3. The number of anilines is 1. The van der Waals surface area contributed by atoms with Gasteiger partial charge in [-0.3, -0.25) is 9.78 Å². The van der Waals surface area contributed by atoms with Crippen LogP contribution in [-0.2, 0) is 6.54 Å². The van der Waals surface area contributed by atoms with Gasteiger partial charge in [-0.25, -0.2) is 4.98 Å². The third kappa shape index (κ3) is 4.01. The van der Waals surface area contributed by atoms with Crippen molar-refractivity contribution in [3.8, 4) is 11.4 Å². The van der Waals surface area contributed by atoms with Crippen LogP contribution in [0.1, 0.15) is 15.9 Å². The van der Waals surface area contributed by atoms with E-state index in [2.05, 4.69) is 15.2 Å². The van der Waals surface area contributed by atoms with Gasteiger partial charge in [0.1, 0.15) is 5.82 Å². The highest BCUT2D eigenvalue weighted by Gasteiger charge is 2.08. The van der Waals surface area contributed by atoms with E-state index in [1.165, 1.54) is 0 Å². The number of aromatic nitrogens is 2. The normalized spacial score (nSPS) is 10.3. The molecule has 25 heavy (non-hydrogen) atoms. The first kappa shape index (κ1) is 16.6. The molecule has 1 N–H and O–H groups in total. The van der Waals surface area contributed by atoms with Gasteiger partial charge in [-0.1, -0.05) is 24.3 Å². The Morgan fingerprint density at radius 3 is 2.44 bits per heavy atom. The van der Waals surface area contributed by atoms with Crippen LogP contribution in [0.5, 0.6) is 0 Å². The number of carbonyl (C=O) groups excluding carboxylic acids is 1. The van der Waals surface area contributed by atoms with E-state index < -0.39 is 0 Å². The van der Waals surface area contributed by atoms with E-state index in [0.717, 1.165) is 22.8 Å². The first-order chi connectivity index (χ1) is 12.2. The molecule has 126 valence electrons. The first-order valence-corrected chi connectivity index (χ1v) is 8.08. The highest BCUT2D eigenvalue weighted by Crippen LogP contribution is 2.19. The molecule has 0 aliphatic heterocycles. The van der Waals surface area contributed by atoms with Gasteiger partial charge in [-0.05, 0) is 42.0 Å². The van der Waals surface area contributed by atoms with Gasteiger partial charge in [0, 0.05) is 32.4 Å². The average Bonchev–Trinajstić information content (AvgIpc) is 2.68. The third-order valence-electron chi connectivity index (χ3n) is 3.92. The monoisotopic (exact) mass is 332 g/mol. The van der Waals surface area contributed by atoms with Crippen molar-refractivity contribution in [2.45, 2.75) is 6.54 Å². The molecule has 0 fully saturated rings. The minimum absolute atomic E-state index is 0.0790. The first-order valence-electron chi connectivity index (χ1n) is 8.08. The van der Waals surface area contributed by atoms with Crippen molar-refractivity contribution in [3.63, 3.8) is 0 Å². The number of hydrogen-bond donors (Lipinski definition) is 1. The summed E-state index contributed by atoms with van der Waals surface area (Å²) in [5.74, 6) is 0.795. The van der Waals surface area contributed by atoms with E-state index in [0.29, 0.717) is 12.1 Å². The average molecular weight is 332 g/mol. The van der Waals surface area contributed by atoms with Gasteiger partial charge >= 0.3 is 0 Å². The summed E-state index contributed by atoms with van der Waals surface area (Å²) in [4.78, 5) is 22.7. The van der Waals surface area contributed by atoms with Gasteiger partial charge in [0.2, 0.25) is 0 Å². The summed E-state index contributed by atoms with van der Waals surface area (Å²) in [6.07, 6.45) is 1.77. The highest BCUT2D eigenvalue weighted by atomic mass is 16.1. The Kier molecular flexibility index (Phi) is 5.04. The molecule has 0 radical (unpaired) electrons. The van der Waals surface area contributed by atoms with Crippen LogP contribution in [0.4, 0.5) is 5.82 Å². The van der Waals surface area contributed by atoms with Gasteiger partial charge in [-0.2, -0.15) is 0 Å². The molecule has 1 amide bonds. The van der Waals surface area contributed by atoms with Gasteiger partial charge in [0.05, 0.1) is 11.4 Å². The molecule has 2 heterocycles. The van der Waals surface area contributed by atoms with E-state index >= 15 is 0 Å². The fourth-order valence-electron chi connectivity index (χ4n) is 2.55. The molecule has 5 nitrogen and oxygen atoms in total. The Morgan fingerprint density at radius 1 is 1.00 bits per heavy atom. The topological polar surface area (TPSA) is 58.1 Å². The summed E-state index contributed by atoms with van der Waals surface area (Å²) >= 11 is 0. The molecule has 0 aliphatic carbocycles.